The minimum Gasteiger partial charge on any atom is -0.477 e. The maximum absolute atomic E-state index is 11.7. The average molecular weight is 313 g/mol. The lowest BCUT2D eigenvalue weighted by molar-refractivity contribution is -0.113. The van der Waals surface area contributed by atoms with E-state index in [0.717, 1.165) is 11.3 Å². The Morgan fingerprint density at radius 3 is 2.80 bits per heavy atom. The summed E-state index contributed by atoms with van der Waals surface area (Å²) in [7, 11) is 0. The molecule has 20 heavy (non-hydrogen) atoms. The molecule has 0 fully saturated rings. The molecular formula is C11H11N3O4S2. The first-order valence-corrected chi connectivity index (χ1v) is 7.32. The summed E-state index contributed by atoms with van der Waals surface area (Å²) in [6, 6.07) is 1.61. The molecule has 2 aromatic heterocycles. The highest BCUT2D eigenvalue weighted by Crippen LogP contribution is 2.27. The summed E-state index contributed by atoms with van der Waals surface area (Å²) in [6.45, 7) is 3.35. The topological polar surface area (TPSA) is 105 Å². The number of nitrogens with zero attached hydrogens (tertiary/aromatic N) is 2. The molecule has 0 spiro atoms. The van der Waals surface area contributed by atoms with Crippen LogP contribution >= 0.6 is 23.1 Å². The fourth-order valence-corrected chi connectivity index (χ4v) is 3.19. The third kappa shape index (κ3) is 3.58. The predicted molar refractivity (Wildman–Crippen MR) is 74.4 cm³/mol. The predicted octanol–water partition coefficient (Wildman–Crippen LogP) is 2.18. The molecule has 0 aliphatic heterocycles. The van der Waals surface area contributed by atoms with Crippen LogP contribution in [0.5, 0.6) is 0 Å². The molecule has 9 heteroatoms. The second kappa shape index (κ2) is 6.06. The highest BCUT2D eigenvalue weighted by Gasteiger charge is 2.15. The number of carboxylic acid groups (broad SMARTS) is 1. The van der Waals surface area contributed by atoms with Gasteiger partial charge in [-0.3, -0.25) is 4.79 Å². The van der Waals surface area contributed by atoms with Crippen LogP contribution in [-0.4, -0.2) is 32.9 Å². The summed E-state index contributed by atoms with van der Waals surface area (Å²) >= 11 is 2.24. The fourth-order valence-electron chi connectivity index (χ4n) is 1.36. The monoisotopic (exact) mass is 313 g/mol. The summed E-state index contributed by atoms with van der Waals surface area (Å²) in [5.74, 6) is -0.176. The molecule has 0 bridgehead atoms. The minimum atomic E-state index is -1.01. The Hall–Kier alpha value is -1.87. The number of carboxylic acids is 1. The Morgan fingerprint density at radius 2 is 2.25 bits per heavy atom. The van der Waals surface area contributed by atoms with Crippen molar-refractivity contribution in [3.63, 3.8) is 0 Å². The Morgan fingerprint density at radius 1 is 1.50 bits per heavy atom. The number of rotatable bonds is 5. The van der Waals surface area contributed by atoms with E-state index in [0.29, 0.717) is 21.6 Å². The van der Waals surface area contributed by atoms with Crippen molar-refractivity contribution in [2.45, 2.75) is 18.2 Å². The van der Waals surface area contributed by atoms with Gasteiger partial charge >= 0.3 is 5.97 Å². The molecule has 0 aliphatic rings. The second-order valence-electron chi connectivity index (χ2n) is 3.86. The van der Waals surface area contributed by atoms with Gasteiger partial charge in [0.15, 0.2) is 10.2 Å². The van der Waals surface area contributed by atoms with E-state index < -0.39 is 5.97 Å². The third-order valence-electron chi connectivity index (χ3n) is 2.19. The molecule has 0 atom stereocenters. The smallest absolute Gasteiger partial charge is 0.347 e. The molecule has 2 N–H and O–H groups in total. The number of aromatic nitrogens is 2. The molecule has 0 aliphatic carbocycles. The first-order valence-electron chi connectivity index (χ1n) is 5.52. The van der Waals surface area contributed by atoms with Crippen LogP contribution in [0.4, 0.5) is 5.82 Å². The molecule has 0 saturated heterocycles. The van der Waals surface area contributed by atoms with Crippen molar-refractivity contribution >= 4 is 40.8 Å². The van der Waals surface area contributed by atoms with Gasteiger partial charge in [-0.2, -0.15) is 0 Å². The van der Waals surface area contributed by atoms with Gasteiger partial charge in [0.2, 0.25) is 5.91 Å². The molecule has 2 aromatic rings. The van der Waals surface area contributed by atoms with Gasteiger partial charge in [-0.15, -0.1) is 11.3 Å². The minimum absolute atomic E-state index is 0.123. The molecule has 0 saturated carbocycles. The van der Waals surface area contributed by atoms with Crippen molar-refractivity contribution in [3.05, 3.63) is 22.4 Å². The summed E-state index contributed by atoms with van der Waals surface area (Å²) in [5.41, 5.74) is 0.456. The van der Waals surface area contributed by atoms with E-state index in [1.165, 1.54) is 11.8 Å². The molecule has 0 radical (unpaired) electrons. The van der Waals surface area contributed by atoms with Crippen LogP contribution in [0.25, 0.3) is 0 Å². The Balaban J connectivity index is 1.90. The number of aromatic carboxylic acids is 1. The molecule has 2 rings (SSSR count). The number of amides is 1. The lowest BCUT2D eigenvalue weighted by Crippen LogP contribution is -2.14. The highest BCUT2D eigenvalue weighted by atomic mass is 32.2. The largest absolute Gasteiger partial charge is 0.477 e. The van der Waals surface area contributed by atoms with Crippen LogP contribution < -0.4 is 5.32 Å². The van der Waals surface area contributed by atoms with E-state index >= 15 is 0 Å². The maximum Gasteiger partial charge on any atom is 0.347 e. The van der Waals surface area contributed by atoms with E-state index in [1.807, 2.05) is 0 Å². The van der Waals surface area contributed by atoms with Gasteiger partial charge in [0, 0.05) is 6.07 Å². The van der Waals surface area contributed by atoms with E-state index in [2.05, 4.69) is 15.5 Å². The first-order chi connectivity index (χ1) is 9.45. The number of thioether (sulfide) groups is 1. The van der Waals surface area contributed by atoms with Crippen molar-refractivity contribution in [3.8, 4) is 0 Å². The SMILES string of the molecule is Cc1cc(NC(=O)CSc2nc(C)c(C(=O)O)s2)no1. The van der Waals surface area contributed by atoms with Gasteiger partial charge in [0.25, 0.3) is 0 Å². The number of hydrogen-bond donors (Lipinski definition) is 2. The lowest BCUT2D eigenvalue weighted by atomic mass is 10.4. The summed E-state index contributed by atoms with van der Waals surface area (Å²) < 4.78 is 5.37. The maximum atomic E-state index is 11.7. The average Bonchev–Trinajstić information content (AvgIpc) is 2.93. The molecule has 1 amide bonds. The zero-order chi connectivity index (χ0) is 14.7. The van der Waals surface area contributed by atoms with Crippen LogP contribution in [0.2, 0.25) is 0 Å². The van der Waals surface area contributed by atoms with Crippen LogP contribution in [0.1, 0.15) is 21.1 Å². The quantitative estimate of drug-likeness (QED) is 0.815. The summed E-state index contributed by atoms with van der Waals surface area (Å²) in [5, 5.41) is 15.1. The number of thiazole rings is 1. The molecule has 106 valence electrons. The molecule has 2 heterocycles. The number of anilines is 1. The zero-order valence-electron chi connectivity index (χ0n) is 10.7. The number of hydrogen-bond acceptors (Lipinski definition) is 7. The van der Waals surface area contributed by atoms with Crippen LogP contribution in [0.15, 0.2) is 14.9 Å². The van der Waals surface area contributed by atoms with E-state index in [9.17, 15) is 9.59 Å². The van der Waals surface area contributed by atoms with Crippen molar-refractivity contribution in [2.24, 2.45) is 0 Å². The van der Waals surface area contributed by atoms with Crippen molar-refractivity contribution in [1.29, 1.82) is 0 Å². The standard InChI is InChI=1S/C11H11N3O4S2/c1-5-3-7(14-18-5)13-8(15)4-19-11-12-6(2)9(20-11)10(16)17/h3H,4H2,1-2H3,(H,16,17)(H,13,14,15). The molecule has 0 aromatic carbocycles. The lowest BCUT2D eigenvalue weighted by Gasteiger charge is -1.98. The molecule has 0 unspecified atom stereocenters. The van der Waals surface area contributed by atoms with Crippen molar-refractivity contribution < 1.29 is 19.2 Å². The fraction of sp³-hybridized carbons (Fsp3) is 0.273. The third-order valence-corrected chi connectivity index (χ3v) is 4.48. The number of aryl methyl sites for hydroxylation is 2. The van der Waals surface area contributed by atoms with Crippen molar-refractivity contribution in [2.75, 3.05) is 11.1 Å². The van der Waals surface area contributed by atoms with Gasteiger partial charge < -0.3 is 14.9 Å². The molecular weight excluding hydrogens is 302 g/mol. The normalized spacial score (nSPS) is 10.5. The highest BCUT2D eigenvalue weighted by molar-refractivity contribution is 8.01. The van der Waals surface area contributed by atoms with Gasteiger partial charge in [-0.25, -0.2) is 9.78 Å². The van der Waals surface area contributed by atoms with Crippen molar-refractivity contribution in [1.82, 2.24) is 10.1 Å². The molecule has 7 nitrogen and oxygen atoms in total. The Bertz CT molecular complexity index is 650. The Kier molecular flexibility index (Phi) is 4.40. The second-order valence-corrected chi connectivity index (χ2v) is 6.08. The number of nitrogens with one attached hydrogen (secondary N) is 1. The van der Waals surface area contributed by atoms with E-state index in [1.54, 1.807) is 19.9 Å². The van der Waals surface area contributed by atoms with Gasteiger partial charge in [0.1, 0.15) is 10.6 Å². The van der Waals surface area contributed by atoms with Gasteiger partial charge in [-0.1, -0.05) is 16.9 Å². The summed E-state index contributed by atoms with van der Waals surface area (Å²) in [6.07, 6.45) is 0. The van der Waals surface area contributed by atoms with Gasteiger partial charge in [-0.05, 0) is 13.8 Å². The first kappa shape index (κ1) is 14.5. The van der Waals surface area contributed by atoms with Gasteiger partial charge in [0.05, 0.1) is 11.4 Å². The van der Waals surface area contributed by atoms with E-state index in [-0.39, 0.29) is 16.5 Å². The summed E-state index contributed by atoms with van der Waals surface area (Å²) in [4.78, 5) is 26.8. The number of carbonyl (C=O) groups excluding carboxylic acids is 1. The number of carbonyl (C=O) groups is 2. The van der Waals surface area contributed by atoms with Crippen LogP contribution in [0, 0.1) is 13.8 Å². The van der Waals surface area contributed by atoms with Crippen LogP contribution in [-0.2, 0) is 4.79 Å². The zero-order valence-corrected chi connectivity index (χ0v) is 12.3. The van der Waals surface area contributed by atoms with E-state index in [4.69, 9.17) is 9.63 Å². The van der Waals surface area contributed by atoms with Crippen LogP contribution in [0.3, 0.4) is 0 Å². The Labute approximate surface area is 122 Å².